The topological polar surface area (TPSA) is 116 Å². The van der Waals surface area contributed by atoms with Crippen molar-refractivity contribution in [1.29, 1.82) is 0 Å². The van der Waals surface area contributed by atoms with Crippen molar-refractivity contribution in [3.63, 3.8) is 0 Å². The molecule has 4 saturated carbocycles. The zero-order valence-corrected chi connectivity index (χ0v) is 16.0. The normalized spacial score (nSPS) is 31.6. The molecule has 0 unspecified atom stereocenters. The molecular formula is C20H27N5O3. The van der Waals surface area contributed by atoms with Crippen LogP contribution in [0.25, 0.3) is 6.08 Å². The monoisotopic (exact) mass is 385 g/mol. The summed E-state index contributed by atoms with van der Waals surface area (Å²) in [7, 11) is 0. The lowest BCUT2D eigenvalue weighted by molar-refractivity contribution is -0.127. The molecule has 2 amide bonds. The van der Waals surface area contributed by atoms with Crippen molar-refractivity contribution in [2.45, 2.75) is 57.0 Å². The maximum Gasteiger partial charge on any atom is 0.267 e. The van der Waals surface area contributed by atoms with Crippen LogP contribution >= 0.6 is 0 Å². The molecule has 1 heterocycles. The molecule has 28 heavy (non-hydrogen) atoms. The van der Waals surface area contributed by atoms with Crippen LogP contribution in [0.1, 0.15) is 51.1 Å². The highest BCUT2D eigenvalue weighted by atomic mass is 16.5. The van der Waals surface area contributed by atoms with Gasteiger partial charge in [-0.2, -0.15) is 0 Å². The zero-order chi connectivity index (χ0) is 19.7. The first kappa shape index (κ1) is 18.9. The lowest BCUT2D eigenvalue weighted by Crippen LogP contribution is -2.61. The number of hydroxylamine groups is 1. The summed E-state index contributed by atoms with van der Waals surface area (Å²) in [4.78, 5) is 32.2. The van der Waals surface area contributed by atoms with E-state index in [2.05, 4.69) is 20.6 Å². The van der Waals surface area contributed by atoms with Crippen molar-refractivity contribution >= 4 is 23.7 Å². The van der Waals surface area contributed by atoms with Crippen molar-refractivity contribution in [3.8, 4) is 0 Å². The van der Waals surface area contributed by atoms with Crippen LogP contribution in [-0.4, -0.2) is 38.6 Å². The molecule has 8 heteroatoms. The van der Waals surface area contributed by atoms with E-state index in [1.807, 2.05) is 6.92 Å². The van der Waals surface area contributed by atoms with Crippen molar-refractivity contribution in [2.24, 2.45) is 17.8 Å². The van der Waals surface area contributed by atoms with Crippen LogP contribution in [0, 0.1) is 17.8 Å². The average molecular weight is 385 g/mol. The Morgan fingerprint density at radius 2 is 1.79 bits per heavy atom. The SMILES string of the molecule is C[C@@H](Nc1cnc(C=CC(=O)NO)cn1)C(=O)NC12CC3CC(CC(C3)C1)C2. The second kappa shape index (κ2) is 7.50. The van der Waals surface area contributed by atoms with E-state index >= 15 is 0 Å². The van der Waals surface area contributed by atoms with E-state index in [1.54, 1.807) is 0 Å². The van der Waals surface area contributed by atoms with E-state index in [0.717, 1.165) is 43.1 Å². The molecule has 1 aromatic rings. The third kappa shape index (κ3) is 4.01. The maximum absolute atomic E-state index is 12.8. The summed E-state index contributed by atoms with van der Waals surface area (Å²) in [6, 6.07) is -0.413. The summed E-state index contributed by atoms with van der Waals surface area (Å²) in [5.41, 5.74) is 1.98. The Kier molecular flexibility index (Phi) is 5.05. The molecule has 1 atom stereocenters. The summed E-state index contributed by atoms with van der Waals surface area (Å²) in [5.74, 6) is 2.22. The van der Waals surface area contributed by atoms with Crippen LogP contribution in [0.5, 0.6) is 0 Å². The molecule has 8 nitrogen and oxygen atoms in total. The van der Waals surface area contributed by atoms with Gasteiger partial charge in [-0.1, -0.05) is 0 Å². The van der Waals surface area contributed by atoms with Gasteiger partial charge in [0.25, 0.3) is 5.91 Å². The number of carbonyl (C=O) groups is 2. The molecule has 4 aliphatic carbocycles. The lowest BCUT2D eigenvalue weighted by atomic mass is 9.53. The molecule has 1 aromatic heterocycles. The summed E-state index contributed by atoms with van der Waals surface area (Å²) in [6.45, 7) is 1.83. The van der Waals surface area contributed by atoms with Gasteiger partial charge in [-0.3, -0.25) is 19.8 Å². The minimum absolute atomic E-state index is 0.00458. The summed E-state index contributed by atoms with van der Waals surface area (Å²) in [6.07, 6.45) is 13.0. The van der Waals surface area contributed by atoms with Crippen molar-refractivity contribution < 1.29 is 14.8 Å². The second-order valence-electron chi connectivity index (χ2n) is 8.69. The van der Waals surface area contributed by atoms with Crippen LogP contribution in [0.15, 0.2) is 18.5 Å². The molecule has 0 spiro atoms. The number of amides is 2. The highest BCUT2D eigenvalue weighted by Gasteiger charge is 2.51. The molecule has 0 aliphatic heterocycles. The molecule has 150 valence electrons. The first-order chi connectivity index (χ1) is 13.4. The van der Waals surface area contributed by atoms with Gasteiger partial charge in [-0.15, -0.1) is 0 Å². The number of carbonyl (C=O) groups excluding carboxylic acids is 2. The van der Waals surface area contributed by atoms with Gasteiger partial charge in [0.15, 0.2) is 0 Å². The first-order valence-corrected chi connectivity index (χ1v) is 9.97. The van der Waals surface area contributed by atoms with Gasteiger partial charge in [-0.05, 0) is 69.3 Å². The quantitative estimate of drug-likeness (QED) is 0.338. The minimum atomic E-state index is -0.640. The van der Waals surface area contributed by atoms with E-state index in [9.17, 15) is 9.59 Å². The van der Waals surface area contributed by atoms with Crippen LogP contribution in [0.4, 0.5) is 5.82 Å². The van der Waals surface area contributed by atoms with Gasteiger partial charge in [0.05, 0.1) is 18.1 Å². The Morgan fingerprint density at radius 1 is 1.14 bits per heavy atom. The first-order valence-electron chi connectivity index (χ1n) is 9.97. The van der Waals surface area contributed by atoms with Gasteiger partial charge < -0.3 is 10.6 Å². The fraction of sp³-hybridized carbons (Fsp3) is 0.600. The fourth-order valence-corrected chi connectivity index (χ4v) is 5.62. The zero-order valence-electron chi connectivity index (χ0n) is 16.0. The Morgan fingerprint density at radius 3 is 2.32 bits per heavy atom. The fourth-order valence-electron chi connectivity index (χ4n) is 5.62. The lowest BCUT2D eigenvalue weighted by Gasteiger charge is -2.57. The minimum Gasteiger partial charge on any atom is -0.357 e. The maximum atomic E-state index is 12.8. The number of hydrogen-bond acceptors (Lipinski definition) is 6. The number of anilines is 1. The number of hydrogen-bond donors (Lipinski definition) is 4. The van der Waals surface area contributed by atoms with E-state index < -0.39 is 11.9 Å². The molecule has 4 aliphatic rings. The van der Waals surface area contributed by atoms with E-state index in [0.29, 0.717) is 11.5 Å². The number of rotatable bonds is 6. The predicted octanol–water partition coefficient (Wildman–Crippen LogP) is 1.88. The van der Waals surface area contributed by atoms with Crippen molar-refractivity contribution in [2.75, 3.05) is 5.32 Å². The van der Waals surface area contributed by atoms with Gasteiger partial charge >= 0.3 is 0 Å². The molecule has 0 radical (unpaired) electrons. The molecular weight excluding hydrogens is 358 g/mol. The van der Waals surface area contributed by atoms with E-state index in [4.69, 9.17) is 5.21 Å². The van der Waals surface area contributed by atoms with Crippen LogP contribution < -0.4 is 16.1 Å². The van der Waals surface area contributed by atoms with Crippen molar-refractivity contribution in [3.05, 3.63) is 24.2 Å². The third-order valence-corrected chi connectivity index (χ3v) is 6.37. The molecule has 4 fully saturated rings. The highest BCUT2D eigenvalue weighted by molar-refractivity contribution is 5.90. The molecule has 0 saturated heterocycles. The Labute approximate surface area is 164 Å². The molecule has 0 aromatic carbocycles. The summed E-state index contributed by atoms with van der Waals surface area (Å²) < 4.78 is 0. The Balaban J connectivity index is 1.33. The number of nitrogens with one attached hydrogen (secondary N) is 3. The third-order valence-electron chi connectivity index (χ3n) is 6.37. The molecule has 4 N–H and O–H groups in total. The predicted molar refractivity (Wildman–Crippen MR) is 103 cm³/mol. The smallest absolute Gasteiger partial charge is 0.267 e. The largest absolute Gasteiger partial charge is 0.357 e. The standard InChI is InChI=1S/C20H27N5O3/c1-12(23-17-11-21-16(10-22-17)2-3-18(26)25-28)19(27)24-20-7-13-4-14(8-20)6-15(5-13)9-20/h2-3,10-15,28H,4-9H2,1H3,(H,22,23)(H,24,27)(H,25,26)/t12-,13?,14?,15?,20?/m1/s1. The van der Waals surface area contributed by atoms with Crippen LogP contribution in [0.3, 0.4) is 0 Å². The highest BCUT2D eigenvalue weighted by Crippen LogP contribution is 2.55. The number of aromatic nitrogens is 2. The summed E-state index contributed by atoms with van der Waals surface area (Å²) in [5, 5.41) is 14.9. The van der Waals surface area contributed by atoms with E-state index in [1.165, 1.54) is 43.2 Å². The van der Waals surface area contributed by atoms with Gasteiger partial charge in [0, 0.05) is 11.6 Å². The second-order valence-corrected chi connectivity index (χ2v) is 8.69. The number of nitrogens with zero attached hydrogens (tertiary/aromatic N) is 2. The molecule has 4 bridgehead atoms. The van der Waals surface area contributed by atoms with Crippen molar-refractivity contribution in [1.82, 2.24) is 20.8 Å². The van der Waals surface area contributed by atoms with Gasteiger partial charge in [0.2, 0.25) is 5.91 Å². The Bertz CT molecular complexity index is 741. The Hall–Kier alpha value is -2.48. The van der Waals surface area contributed by atoms with Gasteiger partial charge in [0.1, 0.15) is 11.9 Å². The average Bonchev–Trinajstić information content (AvgIpc) is 2.65. The molecule has 5 rings (SSSR count). The van der Waals surface area contributed by atoms with Crippen LogP contribution in [-0.2, 0) is 9.59 Å². The van der Waals surface area contributed by atoms with Gasteiger partial charge in [-0.25, -0.2) is 10.5 Å². The van der Waals surface area contributed by atoms with E-state index in [-0.39, 0.29) is 11.4 Å². The van der Waals surface area contributed by atoms with Crippen LogP contribution in [0.2, 0.25) is 0 Å². The summed E-state index contributed by atoms with van der Waals surface area (Å²) >= 11 is 0.